The van der Waals surface area contributed by atoms with Crippen LogP contribution in [0.5, 0.6) is 11.5 Å². The number of carbonyl (C=O) groups is 3. The second-order valence-corrected chi connectivity index (χ2v) is 7.21. The normalized spacial score (nSPS) is 15.7. The molecule has 0 unspecified atom stereocenters. The third-order valence-electron chi connectivity index (χ3n) is 4.91. The minimum Gasteiger partial charge on any atom is -0.457 e. The standard InChI is InChI=1S/C21H22N4O4/c22-19(26)14-1-2-15(12-25-10-9-23-21(25)28)18(11-14)29-17-7-3-13(4-8-17)20(27)24-16-5-6-16/h1-4,7-8,11,16H,5-6,9-10,12H2,(H2,22,26)(H,23,28)(H,24,27). The predicted octanol–water partition coefficient (Wildman–Crippen LogP) is 2.00. The van der Waals surface area contributed by atoms with Crippen molar-refractivity contribution in [1.82, 2.24) is 15.5 Å². The number of urea groups is 1. The van der Waals surface area contributed by atoms with E-state index in [2.05, 4.69) is 10.6 Å². The summed E-state index contributed by atoms with van der Waals surface area (Å²) in [4.78, 5) is 37.2. The van der Waals surface area contributed by atoms with Gasteiger partial charge in [0.15, 0.2) is 0 Å². The number of rotatable bonds is 7. The Morgan fingerprint density at radius 1 is 1.14 bits per heavy atom. The largest absolute Gasteiger partial charge is 0.457 e. The second-order valence-electron chi connectivity index (χ2n) is 7.21. The molecule has 29 heavy (non-hydrogen) atoms. The third kappa shape index (κ3) is 4.48. The maximum Gasteiger partial charge on any atom is 0.317 e. The highest BCUT2D eigenvalue weighted by molar-refractivity contribution is 5.95. The van der Waals surface area contributed by atoms with Crippen molar-refractivity contribution in [3.8, 4) is 11.5 Å². The molecule has 150 valence electrons. The Hall–Kier alpha value is -3.55. The molecule has 4 N–H and O–H groups in total. The average Bonchev–Trinajstić information content (AvgIpc) is 3.43. The van der Waals surface area contributed by atoms with Gasteiger partial charge in [-0.1, -0.05) is 6.07 Å². The first-order valence-corrected chi connectivity index (χ1v) is 9.54. The molecule has 2 aromatic rings. The van der Waals surface area contributed by atoms with Crippen molar-refractivity contribution in [2.75, 3.05) is 13.1 Å². The Morgan fingerprint density at radius 3 is 2.48 bits per heavy atom. The summed E-state index contributed by atoms with van der Waals surface area (Å²) < 4.78 is 5.98. The van der Waals surface area contributed by atoms with E-state index >= 15 is 0 Å². The van der Waals surface area contributed by atoms with E-state index in [-0.39, 0.29) is 11.9 Å². The molecule has 0 atom stereocenters. The van der Waals surface area contributed by atoms with Gasteiger partial charge in [-0.25, -0.2) is 4.79 Å². The molecule has 0 aromatic heterocycles. The van der Waals surface area contributed by atoms with E-state index in [1.54, 1.807) is 47.4 Å². The van der Waals surface area contributed by atoms with E-state index in [4.69, 9.17) is 10.5 Å². The van der Waals surface area contributed by atoms with Gasteiger partial charge < -0.3 is 26.0 Å². The molecule has 4 rings (SSSR count). The van der Waals surface area contributed by atoms with Crippen LogP contribution in [0.2, 0.25) is 0 Å². The zero-order valence-corrected chi connectivity index (χ0v) is 15.8. The first-order chi connectivity index (χ1) is 14.0. The lowest BCUT2D eigenvalue weighted by Gasteiger charge is -2.18. The zero-order chi connectivity index (χ0) is 20.4. The van der Waals surface area contributed by atoms with Crippen molar-refractivity contribution in [3.05, 3.63) is 59.2 Å². The topological polar surface area (TPSA) is 114 Å². The summed E-state index contributed by atoms with van der Waals surface area (Å²) in [7, 11) is 0. The maximum absolute atomic E-state index is 12.1. The molecule has 0 spiro atoms. The molecular weight excluding hydrogens is 372 g/mol. The van der Waals surface area contributed by atoms with Crippen LogP contribution in [0.4, 0.5) is 4.79 Å². The summed E-state index contributed by atoms with van der Waals surface area (Å²) in [5.74, 6) is 0.292. The second kappa shape index (κ2) is 7.83. The summed E-state index contributed by atoms with van der Waals surface area (Å²) in [6.07, 6.45) is 2.06. The van der Waals surface area contributed by atoms with E-state index in [1.165, 1.54) is 0 Å². The van der Waals surface area contributed by atoms with Crippen LogP contribution in [0.3, 0.4) is 0 Å². The fourth-order valence-electron chi connectivity index (χ4n) is 3.10. The minimum absolute atomic E-state index is 0.101. The van der Waals surface area contributed by atoms with E-state index in [0.717, 1.165) is 18.4 Å². The fourth-order valence-corrected chi connectivity index (χ4v) is 3.10. The van der Waals surface area contributed by atoms with Gasteiger partial charge in [0.05, 0.1) is 6.54 Å². The Morgan fingerprint density at radius 2 is 1.86 bits per heavy atom. The van der Waals surface area contributed by atoms with Gasteiger partial charge >= 0.3 is 6.03 Å². The maximum atomic E-state index is 12.1. The molecule has 8 heteroatoms. The number of primary amides is 1. The van der Waals surface area contributed by atoms with Crippen LogP contribution < -0.4 is 21.1 Å². The lowest BCUT2D eigenvalue weighted by atomic mass is 10.1. The van der Waals surface area contributed by atoms with Gasteiger partial charge in [0.1, 0.15) is 11.5 Å². The van der Waals surface area contributed by atoms with Crippen LogP contribution in [0.25, 0.3) is 0 Å². The van der Waals surface area contributed by atoms with Gasteiger partial charge in [-0.15, -0.1) is 0 Å². The lowest BCUT2D eigenvalue weighted by molar-refractivity contribution is 0.0949. The Balaban J connectivity index is 1.53. The van der Waals surface area contributed by atoms with E-state index in [1.807, 2.05) is 0 Å². The van der Waals surface area contributed by atoms with E-state index in [9.17, 15) is 14.4 Å². The van der Waals surface area contributed by atoms with Crippen molar-refractivity contribution in [1.29, 1.82) is 0 Å². The summed E-state index contributed by atoms with van der Waals surface area (Å²) in [6, 6.07) is 11.9. The Bertz CT molecular complexity index is 954. The van der Waals surface area contributed by atoms with Crippen LogP contribution in [0.1, 0.15) is 39.1 Å². The number of benzene rings is 2. The number of carbonyl (C=O) groups excluding carboxylic acids is 3. The molecule has 2 fully saturated rings. The SMILES string of the molecule is NC(=O)c1ccc(CN2CCNC2=O)c(Oc2ccc(C(=O)NC3CC3)cc2)c1. The number of ether oxygens (including phenoxy) is 1. The summed E-state index contributed by atoms with van der Waals surface area (Å²) in [5, 5.41) is 5.70. The van der Waals surface area contributed by atoms with Crippen molar-refractivity contribution < 1.29 is 19.1 Å². The van der Waals surface area contributed by atoms with Gasteiger partial charge in [0.25, 0.3) is 5.91 Å². The van der Waals surface area contributed by atoms with Gasteiger partial charge in [0, 0.05) is 35.8 Å². The summed E-state index contributed by atoms with van der Waals surface area (Å²) in [6.45, 7) is 1.54. The molecule has 4 amide bonds. The lowest BCUT2D eigenvalue weighted by Crippen LogP contribution is -2.27. The highest BCUT2D eigenvalue weighted by Crippen LogP contribution is 2.29. The van der Waals surface area contributed by atoms with Crippen LogP contribution in [0.15, 0.2) is 42.5 Å². The highest BCUT2D eigenvalue weighted by atomic mass is 16.5. The smallest absolute Gasteiger partial charge is 0.317 e. The first kappa shape index (κ1) is 18.8. The number of nitrogens with one attached hydrogen (secondary N) is 2. The van der Waals surface area contributed by atoms with Crippen LogP contribution in [-0.2, 0) is 6.54 Å². The molecule has 1 heterocycles. The predicted molar refractivity (Wildman–Crippen MR) is 106 cm³/mol. The number of hydrogen-bond donors (Lipinski definition) is 3. The molecular formula is C21H22N4O4. The molecule has 1 saturated carbocycles. The Kier molecular flexibility index (Phi) is 5.07. The van der Waals surface area contributed by atoms with E-state index < -0.39 is 5.91 Å². The number of hydrogen-bond acceptors (Lipinski definition) is 4. The number of amides is 4. The van der Waals surface area contributed by atoms with Crippen molar-refractivity contribution >= 4 is 17.8 Å². The Labute approximate surface area is 168 Å². The van der Waals surface area contributed by atoms with E-state index in [0.29, 0.717) is 48.3 Å². The molecule has 2 aromatic carbocycles. The highest BCUT2D eigenvalue weighted by Gasteiger charge is 2.24. The molecule has 0 bridgehead atoms. The zero-order valence-electron chi connectivity index (χ0n) is 15.8. The summed E-state index contributed by atoms with van der Waals surface area (Å²) in [5.41, 5.74) is 7.02. The number of nitrogens with two attached hydrogens (primary N) is 1. The van der Waals surface area contributed by atoms with Gasteiger partial charge in [-0.3, -0.25) is 9.59 Å². The molecule has 1 aliphatic heterocycles. The van der Waals surface area contributed by atoms with Crippen molar-refractivity contribution in [2.45, 2.75) is 25.4 Å². The van der Waals surface area contributed by atoms with Gasteiger partial charge in [-0.2, -0.15) is 0 Å². The molecule has 1 aliphatic carbocycles. The van der Waals surface area contributed by atoms with Crippen LogP contribution in [0, 0.1) is 0 Å². The molecule has 2 aliphatic rings. The van der Waals surface area contributed by atoms with Gasteiger partial charge in [0.2, 0.25) is 5.91 Å². The molecule has 0 radical (unpaired) electrons. The van der Waals surface area contributed by atoms with Crippen molar-refractivity contribution in [2.24, 2.45) is 5.73 Å². The first-order valence-electron chi connectivity index (χ1n) is 9.54. The molecule has 1 saturated heterocycles. The average molecular weight is 394 g/mol. The van der Waals surface area contributed by atoms with Crippen LogP contribution in [-0.4, -0.2) is 41.9 Å². The third-order valence-corrected chi connectivity index (χ3v) is 4.91. The van der Waals surface area contributed by atoms with Crippen molar-refractivity contribution in [3.63, 3.8) is 0 Å². The minimum atomic E-state index is -0.563. The summed E-state index contributed by atoms with van der Waals surface area (Å²) >= 11 is 0. The van der Waals surface area contributed by atoms with Crippen LogP contribution >= 0.6 is 0 Å². The molecule has 8 nitrogen and oxygen atoms in total. The monoisotopic (exact) mass is 394 g/mol. The fraction of sp³-hybridized carbons (Fsp3) is 0.286. The number of nitrogens with zero attached hydrogens (tertiary/aromatic N) is 1. The quantitative estimate of drug-likeness (QED) is 0.666. The van der Waals surface area contributed by atoms with Gasteiger partial charge in [-0.05, 0) is 49.2 Å².